The van der Waals surface area contributed by atoms with Gasteiger partial charge in [0.05, 0.1) is 6.61 Å². The molecular weight excluding hydrogens is 409 g/mol. The van der Waals surface area contributed by atoms with Gasteiger partial charge < -0.3 is 9.84 Å². The lowest BCUT2D eigenvalue weighted by Gasteiger charge is -2.31. The van der Waals surface area contributed by atoms with Crippen molar-refractivity contribution in [1.29, 1.82) is 0 Å². The highest BCUT2D eigenvalue weighted by Crippen LogP contribution is 2.25. The molecule has 2 heterocycles. The van der Waals surface area contributed by atoms with E-state index in [1.165, 1.54) is 18.2 Å². The third-order valence-corrected chi connectivity index (χ3v) is 5.37. The molecule has 0 amide bonds. The number of aromatic nitrogens is 3. The van der Waals surface area contributed by atoms with E-state index < -0.39 is 18.1 Å². The maximum atomic E-state index is 14.2. The number of phenolic OH excluding ortho intramolecular Hbond substituents is 1. The van der Waals surface area contributed by atoms with E-state index in [1.807, 2.05) is 12.1 Å². The molecule has 9 heteroatoms. The first-order valence-corrected chi connectivity index (χ1v) is 10.1. The molecule has 2 aromatic carbocycles. The van der Waals surface area contributed by atoms with E-state index in [2.05, 4.69) is 15.0 Å². The summed E-state index contributed by atoms with van der Waals surface area (Å²) in [7, 11) is 0. The second-order valence-electron chi connectivity index (χ2n) is 7.61. The van der Waals surface area contributed by atoms with Gasteiger partial charge in [0, 0.05) is 6.54 Å². The third-order valence-electron chi connectivity index (χ3n) is 5.37. The van der Waals surface area contributed by atoms with Crippen molar-refractivity contribution >= 4 is 0 Å². The van der Waals surface area contributed by atoms with Crippen LogP contribution in [0.1, 0.15) is 30.7 Å². The number of benzene rings is 2. The number of para-hydroxylation sites is 1. The Morgan fingerprint density at radius 1 is 1.06 bits per heavy atom. The number of piperidine rings is 1. The lowest BCUT2D eigenvalue weighted by molar-refractivity contribution is 0.129. The van der Waals surface area contributed by atoms with Crippen LogP contribution in [-0.2, 0) is 6.54 Å². The van der Waals surface area contributed by atoms with Gasteiger partial charge in [0.25, 0.3) is 6.43 Å². The van der Waals surface area contributed by atoms with Crippen LogP contribution >= 0.6 is 0 Å². The topological polar surface area (TPSA) is 63.4 Å². The first-order valence-electron chi connectivity index (χ1n) is 10.1. The van der Waals surface area contributed by atoms with Crippen molar-refractivity contribution in [3.05, 3.63) is 65.7 Å². The number of likely N-dealkylation sites (tertiary alicyclic amines) is 1. The van der Waals surface area contributed by atoms with Crippen LogP contribution in [0.4, 0.5) is 13.2 Å². The van der Waals surface area contributed by atoms with Crippen LogP contribution in [0.15, 0.2) is 48.5 Å². The lowest BCUT2D eigenvalue weighted by Crippen LogP contribution is -2.35. The Labute approximate surface area is 177 Å². The summed E-state index contributed by atoms with van der Waals surface area (Å²) in [4.78, 5) is 6.09. The van der Waals surface area contributed by atoms with E-state index in [4.69, 9.17) is 4.74 Å². The van der Waals surface area contributed by atoms with Crippen LogP contribution in [0.2, 0.25) is 0 Å². The summed E-state index contributed by atoms with van der Waals surface area (Å²) in [5, 5.41) is 13.1. The van der Waals surface area contributed by atoms with Crippen molar-refractivity contribution in [2.24, 2.45) is 5.92 Å². The Balaban J connectivity index is 1.36. The molecule has 1 aliphatic rings. The number of aromatic hydroxyl groups is 1. The fourth-order valence-corrected chi connectivity index (χ4v) is 3.64. The van der Waals surface area contributed by atoms with E-state index in [9.17, 15) is 18.3 Å². The monoisotopic (exact) mass is 432 g/mol. The van der Waals surface area contributed by atoms with Gasteiger partial charge >= 0.3 is 6.01 Å². The molecule has 0 radical (unpaired) electrons. The van der Waals surface area contributed by atoms with E-state index in [1.54, 1.807) is 18.2 Å². The summed E-state index contributed by atoms with van der Waals surface area (Å²) < 4.78 is 47.1. The van der Waals surface area contributed by atoms with Crippen molar-refractivity contribution in [2.45, 2.75) is 25.8 Å². The molecule has 0 saturated carbocycles. The predicted octanol–water partition coefficient (Wildman–Crippen LogP) is 4.34. The first kappa shape index (κ1) is 21.2. The smallest absolute Gasteiger partial charge is 0.320 e. The molecular formula is C22H23F3N4O2. The Morgan fingerprint density at radius 2 is 1.77 bits per heavy atom. The van der Waals surface area contributed by atoms with Gasteiger partial charge in [0.2, 0.25) is 5.82 Å². The lowest BCUT2D eigenvalue weighted by atomic mass is 9.97. The Morgan fingerprint density at radius 3 is 2.45 bits per heavy atom. The standard InChI is InChI=1S/C22H23F3N4O2/c23-18-3-1-2-4-19(18)29-22(26-21(27-29)20(24)25)31-14-16-9-11-28(12-10-16)13-15-5-7-17(30)8-6-15/h1-8,16,20,30H,9-14H2. The number of halogens is 3. The molecule has 1 aromatic heterocycles. The van der Waals surface area contributed by atoms with Gasteiger partial charge in [-0.05, 0) is 61.7 Å². The molecule has 0 aliphatic carbocycles. The SMILES string of the molecule is Oc1ccc(CN2CCC(COc3nc(C(F)F)nn3-c3ccccc3F)CC2)cc1. The highest BCUT2D eigenvalue weighted by Gasteiger charge is 2.24. The Hall–Kier alpha value is -3.07. The zero-order valence-electron chi connectivity index (χ0n) is 16.8. The molecule has 1 N–H and O–H groups in total. The largest absolute Gasteiger partial charge is 0.508 e. The first-order chi connectivity index (χ1) is 15.0. The Bertz CT molecular complexity index is 1000. The second kappa shape index (κ2) is 9.38. The van der Waals surface area contributed by atoms with Gasteiger partial charge in [-0.1, -0.05) is 24.3 Å². The van der Waals surface area contributed by atoms with Crippen molar-refractivity contribution < 1.29 is 23.0 Å². The summed E-state index contributed by atoms with van der Waals surface area (Å²) >= 11 is 0. The molecule has 31 heavy (non-hydrogen) atoms. The van der Waals surface area contributed by atoms with Crippen LogP contribution in [0.25, 0.3) is 5.69 Å². The molecule has 0 atom stereocenters. The van der Waals surface area contributed by atoms with E-state index in [0.717, 1.165) is 42.7 Å². The second-order valence-corrected chi connectivity index (χ2v) is 7.61. The van der Waals surface area contributed by atoms with E-state index in [-0.39, 0.29) is 23.4 Å². The summed E-state index contributed by atoms with van der Waals surface area (Å²) in [6, 6.07) is 12.8. The molecule has 0 bridgehead atoms. The zero-order valence-corrected chi connectivity index (χ0v) is 16.8. The van der Waals surface area contributed by atoms with Gasteiger partial charge in [0.1, 0.15) is 17.3 Å². The van der Waals surface area contributed by atoms with Crippen molar-refractivity contribution in [2.75, 3.05) is 19.7 Å². The van der Waals surface area contributed by atoms with E-state index in [0.29, 0.717) is 6.61 Å². The van der Waals surface area contributed by atoms with Crippen LogP contribution in [0.5, 0.6) is 11.8 Å². The predicted molar refractivity (Wildman–Crippen MR) is 108 cm³/mol. The Kier molecular flexibility index (Phi) is 6.41. The van der Waals surface area contributed by atoms with Gasteiger partial charge in [-0.25, -0.2) is 13.2 Å². The number of hydrogen-bond acceptors (Lipinski definition) is 5. The minimum atomic E-state index is -2.88. The van der Waals surface area contributed by atoms with Crippen LogP contribution in [-0.4, -0.2) is 44.5 Å². The van der Waals surface area contributed by atoms with Crippen LogP contribution in [0, 0.1) is 11.7 Å². The fraction of sp³-hybridized carbons (Fsp3) is 0.364. The summed E-state index contributed by atoms with van der Waals surface area (Å²) in [6.45, 7) is 2.84. The van der Waals surface area contributed by atoms with E-state index >= 15 is 0 Å². The maximum absolute atomic E-state index is 14.2. The quantitative estimate of drug-likeness (QED) is 0.602. The van der Waals surface area contributed by atoms with Crippen LogP contribution in [0.3, 0.4) is 0 Å². The van der Waals surface area contributed by atoms with Crippen LogP contribution < -0.4 is 4.74 Å². The number of nitrogens with zero attached hydrogens (tertiary/aromatic N) is 4. The zero-order chi connectivity index (χ0) is 21.8. The van der Waals surface area contributed by atoms with Crippen molar-refractivity contribution in [3.8, 4) is 17.4 Å². The molecule has 6 nitrogen and oxygen atoms in total. The normalized spacial score (nSPS) is 15.5. The van der Waals surface area contributed by atoms with Crippen molar-refractivity contribution in [3.63, 3.8) is 0 Å². The maximum Gasteiger partial charge on any atom is 0.320 e. The fourth-order valence-electron chi connectivity index (χ4n) is 3.64. The number of alkyl halides is 2. The van der Waals surface area contributed by atoms with Gasteiger partial charge in [-0.3, -0.25) is 4.90 Å². The molecule has 3 aromatic rings. The molecule has 4 rings (SSSR count). The summed E-state index contributed by atoms with van der Waals surface area (Å²) in [5.41, 5.74) is 1.14. The molecule has 1 aliphatic heterocycles. The third kappa shape index (κ3) is 5.16. The molecule has 0 spiro atoms. The number of ether oxygens (including phenoxy) is 1. The minimum absolute atomic E-state index is 0.0145. The van der Waals surface area contributed by atoms with Crippen molar-refractivity contribution in [1.82, 2.24) is 19.7 Å². The summed E-state index contributed by atoms with van der Waals surface area (Å²) in [5.74, 6) is -0.808. The number of rotatable bonds is 7. The average Bonchev–Trinajstić information content (AvgIpc) is 3.20. The van der Waals surface area contributed by atoms with Gasteiger partial charge in [-0.15, -0.1) is 5.10 Å². The minimum Gasteiger partial charge on any atom is -0.508 e. The molecule has 1 fully saturated rings. The number of phenols is 1. The highest BCUT2D eigenvalue weighted by molar-refractivity contribution is 5.34. The summed E-state index contributed by atoms with van der Waals surface area (Å²) in [6.07, 6.45) is -1.11. The number of hydrogen-bond donors (Lipinski definition) is 1. The van der Waals surface area contributed by atoms with Gasteiger partial charge in [-0.2, -0.15) is 9.67 Å². The average molecular weight is 432 g/mol. The highest BCUT2D eigenvalue weighted by atomic mass is 19.3. The van der Waals surface area contributed by atoms with Gasteiger partial charge in [0.15, 0.2) is 0 Å². The molecule has 1 saturated heterocycles. The molecule has 0 unspecified atom stereocenters. The molecule has 164 valence electrons.